The summed E-state index contributed by atoms with van der Waals surface area (Å²) < 4.78 is 22.7. The molecule has 1 fully saturated rings. The Labute approximate surface area is 110 Å². The van der Waals surface area contributed by atoms with Crippen LogP contribution in [0.5, 0.6) is 0 Å². The van der Waals surface area contributed by atoms with Gasteiger partial charge >= 0.3 is 0 Å². The molecular formula is C12H12N2O4S. The highest BCUT2D eigenvalue weighted by Gasteiger charge is 2.29. The molecule has 0 bridgehead atoms. The van der Waals surface area contributed by atoms with Crippen LogP contribution in [-0.2, 0) is 9.84 Å². The van der Waals surface area contributed by atoms with Crippen molar-refractivity contribution in [2.75, 3.05) is 16.8 Å². The van der Waals surface area contributed by atoms with Crippen LogP contribution in [0.2, 0.25) is 0 Å². The number of hydrogen-bond donors (Lipinski definition) is 2. The second kappa shape index (κ2) is 4.06. The minimum Gasteiger partial charge on any atom is -0.381 e. The van der Waals surface area contributed by atoms with Crippen molar-refractivity contribution in [1.29, 1.82) is 0 Å². The molecule has 0 aliphatic carbocycles. The molecule has 1 aromatic carbocycles. The molecule has 0 aromatic heterocycles. The quantitative estimate of drug-likeness (QED) is 0.753. The molecule has 1 unspecified atom stereocenters. The van der Waals surface area contributed by atoms with E-state index in [4.69, 9.17) is 0 Å². The maximum Gasteiger partial charge on any atom is 0.259 e. The van der Waals surface area contributed by atoms with Crippen molar-refractivity contribution < 1.29 is 18.0 Å². The van der Waals surface area contributed by atoms with Gasteiger partial charge in [0.1, 0.15) is 0 Å². The Balaban J connectivity index is 1.82. The zero-order chi connectivity index (χ0) is 13.6. The molecule has 19 heavy (non-hydrogen) atoms. The van der Waals surface area contributed by atoms with Gasteiger partial charge in [0, 0.05) is 11.7 Å². The van der Waals surface area contributed by atoms with Gasteiger partial charge in [0.15, 0.2) is 9.84 Å². The van der Waals surface area contributed by atoms with Gasteiger partial charge in [-0.25, -0.2) is 8.42 Å². The first kappa shape index (κ1) is 12.2. The van der Waals surface area contributed by atoms with Gasteiger partial charge in [-0.05, 0) is 24.6 Å². The van der Waals surface area contributed by atoms with Crippen molar-refractivity contribution in [3.63, 3.8) is 0 Å². The lowest BCUT2D eigenvalue weighted by Gasteiger charge is -2.12. The Kier molecular flexibility index (Phi) is 2.60. The molecule has 2 N–H and O–H groups in total. The van der Waals surface area contributed by atoms with E-state index in [0.29, 0.717) is 23.2 Å². The standard InChI is InChI=1S/C12H12N2O4S/c15-11-9-2-1-7(5-10(9)12(16)14-11)13-8-3-4-19(17,18)6-8/h1-2,5,8,13H,3-4,6H2,(H,14,15,16). The number of nitrogens with one attached hydrogen (secondary N) is 2. The summed E-state index contributed by atoms with van der Waals surface area (Å²) in [5.74, 6) is -0.512. The molecule has 3 rings (SSSR count). The van der Waals surface area contributed by atoms with Crippen LogP contribution < -0.4 is 10.6 Å². The van der Waals surface area contributed by atoms with Gasteiger partial charge in [-0.1, -0.05) is 0 Å². The highest BCUT2D eigenvalue weighted by molar-refractivity contribution is 7.91. The number of anilines is 1. The second-order valence-corrected chi connectivity index (χ2v) is 7.02. The van der Waals surface area contributed by atoms with Crippen LogP contribution in [0.15, 0.2) is 18.2 Å². The van der Waals surface area contributed by atoms with Crippen LogP contribution >= 0.6 is 0 Å². The molecule has 0 radical (unpaired) electrons. The number of rotatable bonds is 2. The summed E-state index contributed by atoms with van der Waals surface area (Å²) in [5, 5.41) is 5.31. The molecule has 7 heteroatoms. The number of hydrogen-bond acceptors (Lipinski definition) is 5. The van der Waals surface area contributed by atoms with Crippen LogP contribution in [0.25, 0.3) is 0 Å². The predicted molar refractivity (Wildman–Crippen MR) is 68.9 cm³/mol. The third-order valence-electron chi connectivity index (χ3n) is 3.34. The summed E-state index contributed by atoms with van der Waals surface area (Å²) in [6, 6.07) is 4.70. The molecule has 2 heterocycles. The van der Waals surface area contributed by atoms with Crippen molar-refractivity contribution in [3.8, 4) is 0 Å². The molecule has 1 atom stereocenters. The van der Waals surface area contributed by atoms with E-state index in [1.807, 2.05) is 0 Å². The Morgan fingerprint density at radius 2 is 1.89 bits per heavy atom. The van der Waals surface area contributed by atoms with Crippen LogP contribution in [0.1, 0.15) is 27.1 Å². The van der Waals surface area contributed by atoms with Crippen LogP contribution in [0, 0.1) is 0 Å². The summed E-state index contributed by atoms with van der Waals surface area (Å²) in [6.07, 6.45) is 0.560. The van der Waals surface area contributed by atoms with Gasteiger partial charge in [-0.3, -0.25) is 14.9 Å². The molecule has 2 amide bonds. The third kappa shape index (κ3) is 2.21. The zero-order valence-corrected chi connectivity index (χ0v) is 10.8. The molecule has 0 saturated carbocycles. The lowest BCUT2D eigenvalue weighted by Crippen LogP contribution is -2.21. The van der Waals surface area contributed by atoms with E-state index in [1.165, 1.54) is 0 Å². The van der Waals surface area contributed by atoms with E-state index < -0.39 is 21.7 Å². The fourth-order valence-electron chi connectivity index (χ4n) is 2.40. The van der Waals surface area contributed by atoms with Crippen molar-refractivity contribution >= 4 is 27.3 Å². The van der Waals surface area contributed by atoms with E-state index in [1.54, 1.807) is 18.2 Å². The van der Waals surface area contributed by atoms with Crippen LogP contribution in [-0.4, -0.2) is 37.8 Å². The van der Waals surface area contributed by atoms with Crippen molar-refractivity contribution in [2.24, 2.45) is 0 Å². The maximum absolute atomic E-state index is 11.5. The Morgan fingerprint density at radius 1 is 1.16 bits per heavy atom. The second-order valence-electron chi connectivity index (χ2n) is 4.79. The number of fused-ring (bicyclic) bond motifs is 1. The highest BCUT2D eigenvalue weighted by atomic mass is 32.2. The minimum absolute atomic E-state index is 0.106. The summed E-state index contributed by atoms with van der Waals surface area (Å²) in [5.41, 5.74) is 1.34. The molecule has 0 spiro atoms. The fraction of sp³-hybridized carbons (Fsp3) is 0.333. The van der Waals surface area contributed by atoms with Crippen molar-refractivity contribution in [1.82, 2.24) is 5.32 Å². The normalized spacial score (nSPS) is 24.1. The molecule has 6 nitrogen and oxygen atoms in total. The lowest BCUT2D eigenvalue weighted by molar-refractivity contribution is 0.0879. The van der Waals surface area contributed by atoms with Gasteiger partial charge in [0.05, 0.1) is 22.6 Å². The number of sulfone groups is 1. The topological polar surface area (TPSA) is 92.3 Å². The van der Waals surface area contributed by atoms with E-state index in [0.717, 1.165) is 0 Å². The third-order valence-corrected chi connectivity index (χ3v) is 5.11. The van der Waals surface area contributed by atoms with E-state index in [9.17, 15) is 18.0 Å². The van der Waals surface area contributed by atoms with E-state index in [-0.39, 0.29) is 17.5 Å². The van der Waals surface area contributed by atoms with Gasteiger partial charge in [0.2, 0.25) is 0 Å². The van der Waals surface area contributed by atoms with Gasteiger partial charge < -0.3 is 5.32 Å². The van der Waals surface area contributed by atoms with Crippen LogP contribution in [0.3, 0.4) is 0 Å². The first-order valence-corrected chi connectivity index (χ1v) is 7.73. The molecule has 2 aliphatic rings. The monoisotopic (exact) mass is 280 g/mol. The summed E-state index contributed by atoms with van der Waals surface area (Å²) >= 11 is 0. The average Bonchev–Trinajstić information content (AvgIpc) is 2.81. The number of carbonyl (C=O) groups is 2. The largest absolute Gasteiger partial charge is 0.381 e. The van der Waals surface area contributed by atoms with Gasteiger partial charge in [-0.2, -0.15) is 0 Å². The minimum atomic E-state index is -2.94. The Bertz CT molecular complexity index is 681. The van der Waals surface area contributed by atoms with Crippen molar-refractivity contribution in [2.45, 2.75) is 12.5 Å². The summed E-state index contributed by atoms with van der Waals surface area (Å²) in [7, 11) is -2.94. The Morgan fingerprint density at radius 3 is 2.58 bits per heavy atom. The smallest absolute Gasteiger partial charge is 0.259 e. The average molecular weight is 280 g/mol. The van der Waals surface area contributed by atoms with Crippen molar-refractivity contribution in [3.05, 3.63) is 29.3 Å². The lowest BCUT2D eigenvalue weighted by atomic mass is 10.1. The maximum atomic E-state index is 11.5. The SMILES string of the molecule is O=C1NC(=O)c2cc(NC3CCS(=O)(=O)C3)ccc21. The summed E-state index contributed by atoms with van der Waals surface area (Å²) in [6.45, 7) is 0. The van der Waals surface area contributed by atoms with E-state index >= 15 is 0 Å². The van der Waals surface area contributed by atoms with Crippen LogP contribution in [0.4, 0.5) is 5.69 Å². The fourth-order valence-corrected chi connectivity index (χ4v) is 4.08. The Hall–Kier alpha value is -1.89. The number of benzene rings is 1. The number of imide groups is 1. The van der Waals surface area contributed by atoms with Gasteiger partial charge in [0.25, 0.3) is 11.8 Å². The molecular weight excluding hydrogens is 268 g/mol. The predicted octanol–water partition coefficient (Wildman–Crippen LogP) is 0.169. The number of amides is 2. The first-order valence-electron chi connectivity index (χ1n) is 5.91. The molecule has 1 saturated heterocycles. The zero-order valence-electron chi connectivity index (χ0n) is 9.97. The molecule has 2 aliphatic heterocycles. The first-order chi connectivity index (χ1) is 8.94. The highest BCUT2D eigenvalue weighted by Crippen LogP contribution is 2.23. The molecule has 1 aromatic rings. The number of carbonyl (C=O) groups excluding carboxylic acids is 2. The molecule has 100 valence electrons. The van der Waals surface area contributed by atoms with Gasteiger partial charge in [-0.15, -0.1) is 0 Å². The van der Waals surface area contributed by atoms with E-state index in [2.05, 4.69) is 10.6 Å². The summed E-state index contributed by atoms with van der Waals surface area (Å²) in [4.78, 5) is 22.9.